The van der Waals surface area contributed by atoms with E-state index < -0.39 is 0 Å². The molecule has 4 aromatic heterocycles. The fourth-order valence-electron chi connectivity index (χ4n) is 6.71. The lowest BCUT2D eigenvalue weighted by molar-refractivity contribution is 0.669. The van der Waals surface area contributed by atoms with Gasteiger partial charge in [0.25, 0.3) is 0 Å². The van der Waals surface area contributed by atoms with E-state index in [1.165, 1.54) is 0 Å². The highest BCUT2D eigenvalue weighted by molar-refractivity contribution is 6.19. The second-order valence-electron chi connectivity index (χ2n) is 11.8. The Balaban J connectivity index is 1.25. The Labute approximate surface area is 274 Å². The molecule has 0 unspecified atom stereocenters. The number of hydrogen-bond acceptors (Lipinski definition) is 6. The molecule has 0 saturated carbocycles. The second kappa shape index (κ2) is 10.4. The van der Waals surface area contributed by atoms with Crippen molar-refractivity contribution >= 4 is 54.8 Å². The van der Waals surface area contributed by atoms with E-state index in [2.05, 4.69) is 30.3 Å². The van der Waals surface area contributed by atoms with E-state index in [0.29, 0.717) is 17.5 Å². The van der Waals surface area contributed by atoms with E-state index in [1.807, 2.05) is 115 Å². The number of furan rings is 2. The molecule has 48 heavy (non-hydrogen) atoms. The molecule has 6 aromatic carbocycles. The molecule has 0 radical (unpaired) electrons. The van der Waals surface area contributed by atoms with Gasteiger partial charge in [-0.05, 0) is 42.5 Å². The normalized spacial score (nSPS) is 11.8. The summed E-state index contributed by atoms with van der Waals surface area (Å²) in [6.07, 6.45) is 0. The molecule has 0 aliphatic heterocycles. The lowest BCUT2D eigenvalue weighted by Gasteiger charge is -2.09. The van der Waals surface area contributed by atoms with Gasteiger partial charge in [-0.15, -0.1) is 0 Å². The fraction of sp³-hybridized carbons (Fsp3) is 0. The van der Waals surface area contributed by atoms with Crippen molar-refractivity contribution < 1.29 is 8.83 Å². The summed E-state index contributed by atoms with van der Waals surface area (Å²) in [6.45, 7) is 0. The predicted molar refractivity (Wildman–Crippen MR) is 191 cm³/mol. The van der Waals surface area contributed by atoms with Crippen molar-refractivity contribution in [3.63, 3.8) is 0 Å². The van der Waals surface area contributed by atoms with Gasteiger partial charge in [0.05, 0.1) is 16.6 Å². The van der Waals surface area contributed by atoms with Crippen molar-refractivity contribution in [2.24, 2.45) is 0 Å². The van der Waals surface area contributed by atoms with Crippen molar-refractivity contribution in [2.75, 3.05) is 0 Å². The van der Waals surface area contributed by atoms with Crippen LogP contribution in [0.5, 0.6) is 0 Å². The standard InChI is InChI=1S/C42H24N4O2/c1-3-12-25(13-4-1)38-37-31-24-27(22-23-34(31)48-39(37)28-16-7-9-19-32(28)43-38)41-44-40(26-14-5-2-6-15-26)45-42(46-41)30-18-11-21-35-36(30)29-17-8-10-20-33(29)47-35/h1-24H. The molecule has 0 spiro atoms. The summed E-state index contributed by atoms with van der Waals surface area (Å²) in [5.41, 5.74) is 8.62. The van der Waals surface area contributed by atoms with Crippen LogP contribution in [0, 0.1) is 0 Å². The van der Waals surface area contributed by atoms with Crippen molar-refractivity contribution in [1.82, 2.24) is 19.9 Å². The van der Waals surface area contributed by atoms with Gasteiger partial charge in [0.1, 0.15) is 22.3 Å². The first-order chi connectivity index (χ1) is 23.8. The molecule has 0 bridgehead atoms. The van der Waals surface area contributed by atoms with Crippen molar-refractivity contribution in [1.29, 1.82) is 0 Å². The largest absolute Gasteiger partial charge is 0.456 e. The van der Waals surface area contributed by atoms with Gasteiger partial charge < -0.3 is 8.83 Å². The molecule has 0 aliphatic carbocycles. The van der Waals surface area contributed by atoms with Crippen LogP contribution in [0.25, 0.3) is 100 Å². The van der Waals surface area contributed by atoms with Gasteiger partial charge in [-0.25, -0.2) is 19.9 Å². The molecule has 10 aromatic rings. The summed E-state index contributed by atoms with van der Waals surface area (Å²) < 4.78 is 12.8. The van der Waals surface area contributed by atoms with Gasteiger partial charge in [-0.2, -0.15) is 0 Å². The maximum Gasteiger partial charge on any atom is 0.164 e. The third kappa shape index (κ3) is 4.13. The van der Waals surface area contributed by atoms with Crippen LogP contribution in [0.15, 0.2) is 154 Å². The molecule has 0 atom stereocenters. The summed E-state index contributed by atoms with van der Waals surface area (Å²) >= 11 is 0. The highest BCUT2D eigenvalue weighted by atomic mass is 16.3. The maximum absolute atomic E-state index is 6.58. The van der Waals surface area contributed by atoms with E-state index in [0.717, 1.165) is 82.7 Å². The lowest BCUT2D eigenvalue weighted by atomic mass is 10.0. The number of pyridine rings is 1. The third-order valence-corrected chi connectivity index (χ3v) is 8.92. The van der Waals surface area contributed by atoms with E-state index in [1.54, 1.807) is 0 Å². The van der Waals surface area contributed by atoms with Crippen LogP contribution < -0.4 is 0 Å². The summed E-state index contributed by atoms with van der Waals surface area (Å²) in [6, 6.07) is 48.6. The number of para-hydroxylation sites is 2. The summed E-state index contributed by atoms with van der Waals surface area (Å²) in [4.78, 5) is 20.3. The Morgan fingerprint density at radius 3 is 1.85 bits per heavy atom. The maximum atomic E-state index is 6.58. The Hall–Kier alpha value is -6.66. The van der Waals surface area contributed by atoms with Crippen molar-refractivity contribution in [3.8, 4) is 45.4 Å². The van der Waals surface area contributed by atoms with Gasteiger partial charge in [0, 0.05) is 43.8 Å². The molecule has 0 fully saturated rings. The molecule has 10 rings (SSSR count). The predicted octanol–water partition coefficient (Wildman–Crippen LogP) is 10.9. The smallest absolute Gasteiger partial charge is 0.164 e. The Morgan fingerprint density at radius 1 is 0.375 bits per heavy atom. The van der Waals surface area contributed by atoms with Crippen molar-refractivity contribution in [3.05, 3.63) is 146 Å². The molecule has 0 amide bonds. The van der Waals surface area contributed by atoms with Crippen LogP contribution >= 0.6 is 0 Å². The Kier molecular flexibility index (Phi) is 5.77. The monoisotopic (exact) mass is 616 g/mol. The SMILES string of the molecule is c1ccc(-c2nc(-c3ccc4oc5c6ccccc6nc(-c6ccccc6)c5c4c3)nc(-c3cccc4oc5ccccc5c34)n2)cc1. The van der Waals surface area contributed by atoms with Gasteiger partial charge in [-0.1, -0.05) is 103 Å². The van der Waals surface area contributed by atoms with E-state index in [9.17, 15) is 0 Å². The van der Waals surface area contributed by atoms with Gasteiger partial charge in [0.2, 0.25) is 0 Å². The van der Waals surface area contributed by atoms with Crippen molar-refractivity contribution in [2.45, 2.75) is 0 Å². The fourth-order valence-corrected chi connectivity index (χ4v) is 6.71. The van der Waals surface area contributed by atoms with E-state index in [4.69, 9.17) is 28.8 Å². The number of fused-ring (bicyclic) bond motifs is 8. The van der Waals surface area contributed by atoms with Crippen LogP contribution in [-0.2, 0) is 0 Å². The number of nitrogens with zero attached hydrogens (tertiary/aromatic N) is 4. The van der Waals surface area contributed by atoms with E-state index in [-0.39, 0.29) is 0 Å². The first kappa shape index (κ1) is 26.5. The molecular formula is C42H24N4O2. The minimum atomic E-state index is 0.565. The molecule has 0 N–H and O–H groups in total. The molecule has 0 saturated heterocycles. The Bertz CT molecular complexity index is 2840. The number of rotatable bonds is 4. The first-order valence-corrected chi connectivity index (χ1v) is 15.8. The van der Waals surface area contributed by atoms with Crippen LogP contribution in [0.1, 0.15) is 0 Å². The summed E-state index contributed by atoms with van der Waals surface area (Å²) in [5, 5.41) is 4.88. The van der Waals surface area contributed by atoms with Crippen LogP contribution in [0.4, 0.5) is 0 Å². The zero-order valence-electron chi connectivity index (χ0n) is 25.5. The highest BCUT2D eigenvalue weighted by Crippen LogP contribution is 2.41. The molecule has 4 heterocycles. The van der Waals surface area contributed by atoms with Gasteiger partial charge >= 0.3 is 0 Å². The second-order valence-corrected chi connectivity index (χ2v) is 11.8. The van der Waals surface area contributed by atoms with Crippen LogP contribution in [0.2, 0.25) is 0 Å². The summed E-state index contributed by atoms with van der Waals surface area (Å²) in [5.74, 6) is 1.73. The molecular weight excluding hydrogens is 592 g/mol. The zero-order chi connectivity index (χ0) is 31.6. The number of hydrogen-bond donors (Lipinski definition) is 0. The quantitative estimate of drug-likeness (QED) is 0.196. The number of benzene rings is 6. The van der Waals surface area contributed by atoms with Crippen LogP contribution in [0.3, 0.4) is 0 Å². The van der Waals surface area contributed by atoms with Crippen LogP contribution in [-0.4, -0.2) is 19.9 Å². The molecule has 224 valence electrons. The molecule has 6 nitrogen and oxygen atoms in total. The first-order valence-electron chi connectivity index (χ1n) is 15.8. The highest BCUT2D eigenvalue weighted by Gasteiger charge is 2.21. The zero-order valence-corrected chi connectivity index (χ0v) is 25.5. The minimum absolute atomic E-state index is 0.565. The number of aromatic nitrogens is 4. The minimum Gasteiger partial charge on any atom is -0.456 e. The molecule has 0 aliphatic rings. The van der Waals surface area contributed by atoms with Gasteiger partial charge in [0.15, 0.2) is 17.5 Å². The Morgan fingerprint density at radius 2 is 1.02 bits per heavy atom. The average molecular weight is 617 g/mol. The molecule has 6 heteroatoms. The van der Waals surface area contributed by atoms with Gasteiger partial charge in [-0.3, -0.25) is 0 Å². The third-order valence-electron chi connectivity index (χ3n) is 8.92. The average Bonchev–Trinajstić information content (AvgIpc) is 3.74. The lowest BCUT2D eigenvalue weighted by Crippen LogP contribution is -2.00. The van der Waals surface area contributed by atoms with E-state index >= 15 is 0 Å². The summed E-state index contributed by atoms with van der Waals surface area (Å²) in [7, 11) is 0. The topological polar surface area (TPSA) is 77.8 Å².